The summed E-state index contributed by atoms with van der Waals surface area (Å²) >= 11 is 0. The number of carbonyl (C=O) groups excluding carboxylic acids is 1. The molecule has 0 atom stereocenters. The fourth-order valence-corrected chi connectivity index (χ4v) is 2.00. The molecule has 2 nitrogen and oxygen atoms in total. The Morgan fingerprint density at radius 2 is 2.00 bits per heavy atom. The van der Waals surface area contributed by atoms with E-state index in [0.717, 1.165) is 31.2 Å². The summed E-state index contributed by atoms with van der Waals surface area (Å²) in [6, 6.07) is 3.30. The number of rotatable bonds is 6. The minimum atomic E-state index is -0.693. The van der Waals surface area contributed by atoms with Crippen LogP contribution in [-0.2, 0) is 12.8 Å². The van der Waals surface area contributed by atoms with Crippen LogP contribution >= 0.6 is 0 Å². The standard InChI is InChI=1S/C14H20FNO/c1-3-5-6-7-11-10(4-2)8-9-12(13(11)15)14(16)17/h8-9H,3-7H2,1-2H3,(H2,16,17). The van der Waals surface area contributed by atoms with Crippen LogP contribution in [0.3, 0.4) is 0 Å². The van der Waals surface area contributed by atoms with Gasteiger partial charge in [-0.3, -0.25) is 4.79 Å². The number of primary amides is 1. The van der Waals surface area contributed by atoms with Crippen molar-refractivity contribution in [1.82, 2.24) is 0 Å². The van der Waals surface area contributed by atoms with Crippen molar-refractivity contribution in [3.63, 3.8) is 0 Å². The Kier molecular flexibility index (Phi) is 5.13. The maximum atomic E-state index is 14.1. The second-order valence-corrected chi connectivity index (χ2v) is 4.24. The molecule has 0 fully saturated rings. The minimum Gasteiger partial charge on any atom is -0.366 e. The zero-order valence-corrected chi connectivity index (χ0v) is 10.6. The summed E-state index contributed by atoms with van der Waals surface area (Å²) in [4.78, 5) is 11.1. The highest BCUT2D eigenvalue weighted by Crippen LogP contribution is 2.21. The van der Waals surface area contributed by atoms with Crippen LogP contribution in [0.5, 0.6) is 0 Å². The van der Waals surface area contributed by atoms with Gasteiger partial charge in [-0.05, 0) is 36.5 Å². The fraction of sp³-hybridized carbons (Fsp3) is 0.500. The molecule has 0 bridgehead atoms. The van der Waals surface area contributed by atoms with Gasteiger partial charge in [-0.1, -0.05) is 32.8 Å². The first kappa shape index (κ1) is 13.7. The number of hydrogen-bond acceptors (Lipinski definition) is 1. The highest BCUT2D eigenvalue weighted by molar-refractivity contribution is 5.93. The Balaban J connectivity index is 3.04. The summed E-state index contributed by atoms with van der Waals surface area (Å²) in [7, 11) is 0. The molecule has 0 saturated carbocycles. The lowest BCUT2D eigenvalue weighted by Crippen LogP contribution is -2.15. The van der Waals surface area contributed by atoms with E-state index >= 15 is 0 Å². The van der Waals surface area contributed by atoms with E-state index < -0.39 is 11.7 Å². The average Bonchev–Trinajstić information content (AvgIpc) is 2.30. The fourth-order valence-electron chi connectivity index (χ4n) is 2.00. The number of amides is 1. The van der Waals surface area contributed by atoms with Crippen molar-refractivity contribution in [1.29, 1.82) is 0 Å². The van der Waals surface area contributed by atoms with Gasteiger partial charge in [0.1, 0.15) is 5.82 Å². The third-order valence-electron chi connectivity index (χ3n) is 3.02. The number of aryl methyl sites for hydroxylation is 1. The van der Waals surface area contributed by atoms with Gasteiger partial charge in [0.25, 0.3) is 5.91 Å². The van der Waals surface area contributed by atoms with Crippen LogP contribution in [0.1, 0.15) is 54.6 Å². The number of benzene rings is 1. The van der Waals surface area contributed by atoms with E-state index in [1.165, 1.54) is 6.07 Å². The third-order valence-corrected chi connectivity index (χ3v) is 3.02. The van der Waals surface area contributed by atoms with Crippen LogP contribution in [0.4, 0.5) is 4.39 Å². The molecule has 0 spiro atoms. The summed E-state index contributed by atoms with van der Waals surface area (Å²) in [6.07, 6.45) is 4.58. The molecule has 17 heavy (non-hydrogen) atoms. The summed E-state index contributed by atoms with van der Waals surface area (Å²) in [6.45, 7) is 4.10. The molecular weight excluding hydrogens is 217 g/mol. The van der Waals surface area contributed by atoms with Gasteiger partial charge in [0, 0.05) is 0 Å². The second kappa shape index (κ2) is 6.38. The Labute approximate surface area is 102 Å². The largest absolute Gasteiger partial charge is 0.366 e. The van der Waals surface area contributed by atoms with E-state index in [4.69, 9.17) is 5.73 Å². The van der Waals surface area contributed by atoms with Gasteiger partial charge in [-0.25, -0.2) is 4.39 Å². The van der Waals surface area contributed by atoms with Crippen molar-refractivity contribution >= 4 is 5.91 Å². The molecule has 0 radical (unpaired) electrons. The van der Waals surface area contributed by atoms with E-state index in [9.17, 15) is 9.18 Å². The first-order valence-corrected chi connectivity index (χ1v) is 6.21. The summed E-state index contributed by atoms with van der Waals surface area (Å²) in [5, 5.41) is 0. The Morgan fingerprint density at radius 3 is 2.53 bits per heavy atom. The zero-order chi connectivity index (χ0) is 12.8. The predicted molar refractivity (Wildman–Crippen MR) is 67.5 cm³/mol. The lowest BCUT2D eigenvalue weighted by Gasteiger charge is -2.11. The summed E-state index contributed by atoms with van der Waals surface area (Å²) in [5.74, 6) is -1.12. The maximum absolute atomic E-state index is 14.1. The first-order chi connectivity index (χ1) is 8.11. The van der Waals surface area contributed by atoms with Crippen molar-refractivity contribution < 1.29 is 9.18 Å². The van der Waals surface area contributed by atoms with Crippen molar-refractivity contribution in [2.24, 2.45) is 5.73 Å². The normalized spacial score (nSPS) is 10.5. The smallest absolute Gasteiger partial charge is 0.251 e. The molecule has 0 aliphatic carbocycles. The molecule has 0 saturated heterocycles. The van der Waals surface area contributed by atoms with Crippen molar-refractivity contribution in [2.75, 3.05) is 0 Å². The number of nitrogens with two attached hydrogens (primary N) is 1. The minimum absolute atomic E-state index is 0.00805. The van der Waals surface area contributed by atoms with E-state index in [1.807, 2.05) is 13.0 Å². The molecule has 1 aromatic rings. The molecule has 0 heterocycles. The topological polar surface area (TPSA) is 43.1 Å². The second-order valence-electron chi connectivity index (χ2n) is 4.24. The monoisotopic (exact) mass is 237 g/mol. The van der Waals surface area contributed by atoms with Crippen molar-refractivity contribution in [3.05, 3.63) is 34.6 Å². The molecule has 0 aliphatic rings. The Morgan fingerprint density at radius 1 is 1.29 bits per heavy atom. The van der Waals surface area contributed by atoms with Gasteiger partial charge in [0.05, 0.1) is 5.56 Å². The number of halogens is 1. The molecule has 1 aromatic carbocycles. The molecule has 1 rings (SSSR count). The van der Waals surface area contributed by atoms with Crippen molar-refractivity contribution in [3.8, 4) is 0 Å². The lowest BCUT2D eigenvalue weighted by molar-refractivity contribution is 0.0996. The van der Waals surface area contributed by atoms with Gasteiger partial charge >= 0.3 is 0 Å². The number of unbranched alkanes of at least 4 members (excludes halogenated alkanes) is 2. The highest BCUT2D eigenvalue weighted by Gasteiger charge is 2.15. The van der Waals surface area contributed by atoms with Gasteiger partial charge < -0.3 is 5.73 Å². The molecule has 94 valence electrons. The van der Waals surface area contributed by atoms with E-state index in [1.54, 1.807) is 0 Å². The van der Waals surface area contributed by atoms with E-state index in [0.29, 0.717) is 12.0 Å². The lowest BCUT2D eigenvalue weighted by atomic mass is 9.96. The Hall–Kier alpha value is -1.38. The van der Waals surface area contributed by atoms with E-state index in [2.05, 4.69) is 6.92 Å². The quantitative estimate of drug-likeness (QED) is 0.758. The number of hydrogen-bond donors (Lipinski definition) is 1. The van der Waals surface area contributed by atoms with Gasteiger partial charge in [-0.2, -0.15) is 0 Å². The van der Waals surface area contributed by atoms with Gasteiger partial charge in [0.2, 0.25) is 0 Å². The van der Waals surface area contributed by atoms with Gasteiger partial charge in [0.15, 0.2) is 0 Å². The molecule has 0 aliphatic heterocycles. The SMILES string of the molecule is CCCCCc1c(CC)ccc(C(N)=O)c1F. The van der Waals surface area contributed by atoms with Crippen LogP contribution < -0.4 is 5.73 Å². The van der Waals surface area contributed by atoms with E-state index in [-0.39, 0.29) is 5.56 Å². The highest BCUT2D eigenvalue weighted by atomic mass is 19.1. The number of carbonyl (C=O) groups is 1. The van der Waals surface area contributed by atoms with Crippen LogP contribution in [0.15, 0.2) is 12.1 Å². The maximum Gasteiger partial charge on any atom is 0.251 e. The molecular formula is C14H20FNO. The third kappa shape index (κ3) is 3.29. The van der Waals surface area contributed by atoms with Crippen molar-refractivity contribution in [2.45, 2.75) is 46.0 Å². The Bertz CT molecular complexity index is 401. The van der Waals surface area contributed by atoms with Crippen LogP contribution in [-0.4, -0.2) is 5.91 Å². The van der Waals surface area contributed by atoms with Crippen LogP contribution in [0, 0.1) is 5.82 Å². The molecule has 0 aromatic heterocycles. The zero-order valence-electron chi connectivity index (χ0n) is 10.6. The van der Waals surface area contributed by atoms with Crippen LogP contribution in [0.2, 0.25) is 0 Å². The van der Waals surface area contributed by atoms with Gasteiger partial charge in [-0.15, -0.1) is 0 Å². The summed E-state index contributed by atoms with van der Waals surface area (Å²) < 4.78 is 14.1. The molecule has 1 amide bonds. The molecule has 2 N–H and O–H groups in total. The molecule has 3 heteroatoms. The molecule has 0 unspecified atom stereocenters. The predicted octanol–water partition coefficient (Wildman–Crippen LogP) is 3.22. The van der Waals surface area contributed by atoms with Crippen LogP contribution in [0.25, 0.3) is 0 Å². The average molecular weight is 237 g/mol. The first-order valence-electron chi connectivity index (χ1n) is 6.21. The summed E-state index contributed by atoms with van der Waals surface area (Å²) in [5.41, 5.74) is 6.80.